The summed E-state index contributed by atoms with van der Waals surface area (Å²) in [4.78, 5) is 12.8. The van der Waals surface area contributed by atoms with Gasteiger partial charge in [-0.3, -0.25) is 4.79 Å². The molecule has 0 aliphatic carbocycles. The van der Waals surface area contributed by atoms with E-state index in [1.54, 1.807) is 13.3 Å². The third-order valence-electron chi connectivity index (χ3n) is 5.91. The van der Waals surface area contributed by atoms with Crippen molar-refractivity contribution in [3.05, 3.63) is 81.2 Å². The lowest BCUT2D eigenvalue weighted by Crippen LogP contribution is -2.40. The van der Waals surface area contributed by atoms with Crippen LogP contribution in [0.15, 0.2) is 59.5 Å². The summed E-state index contributed by atoms with van der Waals surface area (Å²) < 4.78 is 12.6. The molecule has 1 fully saturated rings. The van der Waals surface area contributed by atoms with Crippen molar-refractivity contribution in [2.75, 3.05) is 32.2 Å². The SMILES string of the molecule is COc1ccc(C)cc1C1(CNc2cnn(-c3ccccc3)c(=O)c2Cl)CCOCC1. The largest absolute Gasteiger partial charge is 0.496 e. The fourth-order valence-corrected chi connectivity index (χ4v) is 4.31. The Kier molecular flexibility index (Phi) is 6.30. The summed E-state index contributed by atoms with van der Waals surface area (Å²) in [5.41, 5.74) is 2.96. The maximum Gasteiger partial charge on any atom is 0.292 e. The predicted octanol–water partition coefficient (Wildman–Crippen LogP) is 4.36. The molecule has 6 nitrogen and oxygen atoms in total. The molecule has 0 unspecified atom stereocenters. The number of benzene rings is 2. The van der Waals surface area contributed by atoms with E-state index in [9.17, 15) is 4.79 Å². The Morgan fingerprint density at radius 2 is 1.94 bits per heavy atom. The van der Waals surface area contributed by atoms with E-state index in [-0.39, 0.29) is 16.0 Å². The molecule has 0 bridgehead atoms. The summed E-state index contributed by atoms with van der Waals surface area (Å²) in [5.74, 6) is 0.859. The highest BCUT2D eigenvalue weighted by Gasteiger charge is 2.37. The van der Waals surface area contributed by atoms with Gasteiger partial charge in [0.05, 0.1) is 24.7 Å². The van der Waals surface area contributed by atoms with Crippen molar-refractivity contribution >= 4 is 17.3 Å². The molecule has 162 valence electrons. The molecule has 1 aromatic heterocycles. The Hall–Kier alpha value is -2.83. The lowest BCUT2D eigenvalue weighted by atomic mass is 9.73. The molecule has 1 aliphatic rings. The molecule has 4 rings (SSSR count). The van der Waals surface area contributed by atoms with Gasteiger partial charge in [-0.05, 0) is 38.0 Å². The van der Waals surface area contributed by atoms with Gasteiger partial charge in [0, 0.05) is 30.7 Å². The van der Waals surface area contributed by atoms with Crippen LogP contribution in [0.2, 0.25) is 5.02 Å². The third-order valence-corrected chi connectivity index (χ3v) is 6.28. The maximum absolute atomic E-state index is 12.8. The van der Waals surface area contributed by atoms with Crippen molar-refractivity contribution in [2.45, 2.75) is 25.2 Å². The Morgan fingerprint density at radius 3 is 2.65 bits per heavy atom. The fourth-order valence-electron chi connectivity index (χ4n) is 4.11. The van der Waals surface area contributed by atoms with Crippen LogP contribution in [0.3, 0.4) is 0 Å². The van der Waals surface area contributed by atoms with Crippen LogP contribution in [0, 0.1) is 6.92 Å². The Morgan fingerprint density at radius 1 is 1.19 bits per heavy atom. The second-order valence-electron chi connectivity index (χ2n) is 7.87. The van der Waals surface area contributed by atoms with Gasteiger partial charge in [-0.2, -0.15) is 9.78 Å². The maximum atomic E-state index is 12.8. The van der Waals surface area contributed by atoms with Crippen LogP contribution in [-0.4, -0.2) is 36.6 Å². The average molecular weight is 440 g/mol. The van der Waals surface area contributed by atoms with Crippen LogP contribution in [0.1, 0.15) is 24.0 Å². The van der Waals surface area contributed by atoms with Gasteiger partial charge in [-0.15, -0.1) is 0 Å². The highest BCUT2D eigenvalue weighted by atomic mass is 35.5. The van der Waals surface area contributed by atoms with Crippen LogP contribution in [-0.2, 0) is 10.2 Å². The molecule has 0 radical (unpaired) electrons. The molecule has 1 aliphatic heterocycles. The molecule has 1 saturated heterocycles. The number of hydrogen-bond donors (Lipinski definition) is 1. The molecule has 0 saturated carbocycles. The van der Waals surface area contributed by atoms with Gasteiger partial charge < -0.3 is 14.8 Å². The van der Waals surface area contributed by atoms with Crippen molar-refractivity contribution in [1.29, 1.82) is 0 Å². The molecular formula is C24H26ClN3O3. The Bertz CT molecular complexity index is 1110. The van der Waals surface area contributed by atoms with Gasteiger partial charge in [-0.1, -0.05) is 47.5 Å². The monoisotopic (exact) mass is 439 g/mol. The molecule has 0 spiro atoms. The van der Waals surface area contributed by atoms with E-state index in [1.807, 2.05) is 42.5 Å². The van der Waals surface area contributed by atoms with Gasteiger partial charge in [0.2, 0.25) is 0 Å². The minimum Gasteiger partial charge on any atom is -0.496 e. The number of methoxy groups -OCH3 is 1. The van der Waals surface area contributed by atoms with E-state index in [2.05, 4.69) is 23.4 Å². The number of nitrogens with zero attached hydrogens (tertiary/aromatic N) is 2. The van der Waals surface area contributed by atoms with Gasteiger partial charge in [0.25, 0.3) is 5.56 Å². The highest BCUT2D eigenvalue weighted by molar-refractivity contribution is 6.32. The number of nitrogens with one attached hydrogen (secondary N) is 1. The number of anilines is 1. The normalized spacial score (nSPS) is 15.5. The number of aromatic nitrogens is 2. The third kappa shape index (κ3) is 4.31. The lowest BCUT2D eigenvalue weighted by molar-refractivity contribution is 0.0535. The van der Waals surface area contributed by atoms with Crippen molar-refractivity contribution in [3.63, 3.8) is 0 Å². The number of aryl methyl sites for hydroxylation is 1. The van der Waals surface area contributed by atoms with Crippen LogP contribution < -0.4 is 15.6 Å². The number of halogens is 1. The number of hydrogen-bond acceptors (Lipinski definition) is 5. The Labute approximate surface area is 186 Å². The molecule has 0 atom stereocenters. The highest BCUT2D eigenvalue weighted by Crippen LogP contribution is 2.40. The minimum atomic E-state index is -0.355. The molecule has 3 aromatic rings. The quantitative estimate of drug-likeness (QED) is 0.618. The standard InChI is InChI=1S/C24H26ClN3O3/c1-17-8-9-21(30-2)19(14-17)24(10-12-31-13-11-24)16-26-20-15-27-28(23(29)22(20)25)18-6-4-3-5-7-18/h3-9,14-15,26H,10-13,16H2,1-2H3. The number of ether oxygens (including phenoxy) is 2. The zero-order chi connectivity index (χ0) is 21.8. The van der Waals surface area contributed by atoms with E-state index in [1.165, 1.54) is 10.2 Å². The summed E-state index contributed by atoms with van der Waals surface area (Å²) in [5, 5.41) is 7.84. The summed E-state index contributed by atoms with van der Waals surface area (Å²) in [6.45, 7) is 4.00. The van der Waals surface area contributed by atoms with Crippen LogP contribution in [0.25, 0.3) is 5.69 Å². The topological polar surface area (TPSA) is 65.4 Å². The van der Waals surface area contributed by atoms with Gasteiger partial charge in [0.1, 0.15) is 10.8 Å². The first kappa shape index (κ1) is 21.4. The van der Waals surface area contributed by atoms with E-state index < -0.39 is 0 Å². The first-order chi connectivity index (χ1) is 15.0. The van der Waals surface area contributed by atoms with Crippen LogP contribution in [0.4, 0.5) is 5.69 Å². The summed E-state index contributed by atoms with van der Waals surface area (Å²) in [6.07, 6.45) is 3.29. The first-order valence-corrected chi connectivity index (χ1v) is 10.7. The molecule has 31 heavy (non-hydrogen) atoms. The molecule has 2 aromatic carbocycles. The van der Waals surface area contributed by atoms with Crippen molar-refractivity contribution < 1.29 is 9.47 Å². The van der Waals surface area contributed by atoms with Gasteiger partial charge in [0.15, 0.2) is 0 Å². The molecule has 7 heteroatoms. The second-order valence-corrected chi connectivity index (χ2v) is 8.25. The smallest absolute Gasteiger partial charge is 0.292 e. The fraction of sp³-hybridized carbons (Fsp3) is 0.333. The van der Waals surface area contributed by atoms with E-state index >= 15 is 0 Å². The molecule has 0 amide bonds. The van der Waals surface area contributed by atoms with E-state index in [4.69, 9.17) is 21.1 Å². The van der Waals surface area contributed by atoms with Crippen LogP contribution in [0.5, 0.6) is 5.75 Å². The number of rotatable bonds is 6. The van der Waals surface area contributed by atoms with Crippen LogP contribution >= 0.6 is 11.6 Å². The van der Waals surface area contributed by atoms with E-state index in [0.29, 0.717) is 31.1 Å². The molecule has 2 heterocycles. The second kappa shape index (κ2) is 9.12. The Balaban J connectivity index is 1.65. The average Bonchev–Trinajstić information content (AvgIpc) is 2.81. The van der Waals surface area contributed by atoms with Crippen molar-refractivity contribution in [2.24, 2.45) is 0 Å². The molecule has 1 N–H and O–H groups in total. The summed E-state index contributed by atoms with van der Waals surface area (Å²) >= 11 is 6.46. The lowest BCUT2D eigenvalue weighted by Gasteiger charge is -2.39. The zero-order valence-corrected chi connectivity index (χ0v) is 18.5. The minimum absolute atomic E-state index is 0.122. The van der Waals surface area contributed by atoms with Crippen molar-refractivity contribution in [3.8, 4) is 11.4 Å². The zero-order valence-electron chi connectivity index (χ0n) is 17.7. The van der Waals surface area contributed by atoms with Gasteiger partial charge >= 0.3 is 0 Å². The number of para-hydroxylation sites is 1. The van der Waals surface area contributed by atoms with Crippen molar-refractivity contribution in [1.82, 2.24) is 9.78 Å². The molecular weight excluding hydrogens is 414 g/mol. The van der Waals surface area contributed by atoms with Gasteiger partial charge in [-0.25, -0.2) is 0 Å². The summed E-state index contributed by atoms with van der Waals surface area (Å²) in [7, 11) is 1.69. The van der Waals surface area contributed by atoms with E-state index in [0.717, 1.165) is 24.2 Å². The first-order valence-electron chi connectivity index (χ1n) is 10.3. The predicted molar refractivity (Wildman–Crippen MR) is 123 cm³/mol. The summed E-state index contributed by atoms with van der Waals surface area (Å²) in [6, 6.07) is 15.5.